The van der Waals surface area contributed by atoms with Gasteiger partial charge < -0.3 is 10.2 Å². The Hall–Kier alpha value is -0.410. The average molecular weight is 188 g/mol. The maximum absolute atomic E-state index is 10.3. The molecule has 0 aromatic carbocycles. The van der Waals surface area contributed by atoms with Gasteiger partial charge in [0.25, 0.3) is 0 Å². The molecule has 3 nitrogen and oxygen atoms in total. The van der Waals surface area contributed by atoms with Crippen LogP contribution in [0.5, 0.6) is 0 Å². The Morgan fingerprint density at radius 1 is 1.23 bits per heavy atom. The summed E-state index contributed by atoms with van der Waals surface area (Å²) in [5.41, 5.74) is 0. The third-order valence-corrected chi connectivity index (χ3v) is 2.32. The van der Waals surface area contributed by atoms with Gasteiger partial charge in [0.15, 0.2) is 6.29 Å². The van der Waals surface area contributed by atoms with Crippen LogP contribution >= 0.6 is 0 Å². The molecule has 3 heteroatoms. The molecule has 0 radical (unpaired) electrons. The Morgan fingerprint density at radius 2 is 1.77 bits per heavy atom. The van der Waals surface area contributed by atoms with E-state index in [1.807, 2.05) is 0 Å². The van der Waals surface area contributed by atoms with Crippen molar-refractivity contribution < 1.29 is 15.0 Å². The van der Waals surface area contributed by atoms with Crippen molar-refractivity contribution in [2.45, 2.75) is 45.8 Å². The summed E-state index contributed by atoms with van der Waals surface area (Å²) in [5.74, 6) is -1.91. The molecule has 2 N–H and O–H groups in total. The SMILES string of the molecule is CC(C)CCCC(C)C(O)(O)C=O. The highest BCUT2D eigenvalue weighted by atomic mass is 16.5. The molecule has 0 aromatic heterocycles. The fraction of sp³-hybridized carbons (Fsp3) is 0.900. The van der Waals surface area contributed by atoms with Crippen molar-refractivity contribution in [3.05, 3.63) is 0 Å². The predicted molar refractivity (Wildman–Crippen MR) is 51.1 cm³/mol. The number of hydrogen-bond acceptors (Lipinski definition) is 3. The van der Waals surface area contributed by atoms with Gasteiger partial charge in [-0.15, -0.1) is 0 Å². The number of carbonyl (C=O) groups is 1. The first-order chi connectivity index (χ1) is 5.90. The van der Waals surface area contributed by atoms with Crippen molar-refractivity contribution in [1.29, 1.82) is 0 Å². The third kappa shape index (κ3) is 5.01. The Morgan fingerprint density at radius 3 is 2.15 bits per heavy atom. The van der Waals surface area contributed by atoms with Crippen LogP contribution in [-0.2, 0) is 4.79 Å². The normalized spacial score (nSPS) is 14.6. The van der Waals surface area contributed by atoms with E-state index >= 15 is 0 Å². The van der Waals surface area contributed by atoms with Crippen LogP contribution in [0.1, 0.15) is 40.0 Å². The second-order valence-electron chi connectivity index (χ2n) is 4.13. The third-order valence-electron chi connectivity index (χ3n) is 2.32. The molecule has 0 aliphatic heterocycles. The summed E-state index contributed by atoms with van der Waals surface area (Å²) in [6, 6.07) is 0. The molecule has 13 heavy (non-hydrogen) atoms. The van der Waals surface area contributed by atoms with Crippen molar-refractivity contribution >= 4 is 6.29 Å². The second-order valence-corrected chi connectivity index (χ2v) is 4.13. The molecule has 0 aliphatic rings. The maximum atomic E-state index is 10.3. The van der Waals surface area contributed by atoms with Crippen LogP contribution in [0.25, 0.3) is 0 Å². The van der Waals surface area contributed by atoms with Gasteiger partial charge in [-0.25, -0.2) is 0 Å². The molecule has 78 valence electrons. The highest BCUT2D eigenvalue weighted by Crippen LogP contribution is 2.19. The van der Waals surface area contributed by atoms with E-state index in [4.69, 9.17) is 10.2 Å². The zero-order valence-corrected chi connectivity index (χ0v) is 8.66. The fourth-order valence-electron chi connectivity index (χ4n) is 1.16. The highest BCUT2D eigenvalue weighted by molar-refractivity contribution is 5.59. The van der Waals surface area contributed by atoms with E-state index in [2.05, 4.69) is 13.8 Å². The van der Waals surface area contributed by atoms with Crippen molar-refractivity contribution in [2.24, 2.45) is 11.8 Å². The average Bonchev–Trinajstić information content (AvgIpc) is 2.03. The molecule has 0 aromatic rings. The standard InChI is InChI=1S/C10H20O3/c1-8(2)5-4-6-9(3)10(12,13)7-11/h7-9,12-13H,4-6H2,1-3H3. The van der Waals surface area contributed by atoms with Crippen LogP contribution in [0, 0.1) is 11.8 Å². The Balaban J connectivity index is 3.74. The lowest BCUT2D eigenvalue weighted by Crippen LogP contribution is -2.37. The van der Waals surface area contributed by atoms with Gasteiger partial charge in [-0.05, 0) is 12.3 Å². The van der Waals surface area contributed by atoms with E-state index in [0.29, 0.717) is 12.3 Å². The predicted octanol–water partition coefficient (Wildman–Crippen LogP) is 1.33. The zero-order valence-electron chi connectivity index (χ0n) is 8.66. The van der Waals surface area contributed by atoms with E-state index in [0.717, 1.165) is 12.8 Å². The molecule has 0 aliphatic carbocycles. The minimum atomic E-state index is -2.14. The van der Waals surface area contributed by atoms with Crippen LogP contribution in [0.2, 0.25) is 0 Å². The fourth-order valence-corrected chi connectivity index (χ4v) is 1.16. The number of carbonyl (C=O) groups excluding carboxylic acids is 1. The monoisotopic (exact) mass is 188 g/mol. The van der Waals surface area contributed by atoms with Crippen molar-refractivity contribution in [3.8, 4) is 0 Å². The summed E-state index contributed by atoms with van der Waals surface area (Å²) >= 11 is 0. The zero-order chi connectivity index (χ0) is 10.5. The smallest absolute Gasteiger partial charge is 0.223 e. The van der Waals surface area contributed by atoms with Crippen LogP contribution in [0.3, 0.4) is 0 Å². The van der Waals surface area contributed by atoms with Gasteiger partial charge in [-0.2, -0.15) is 0 Å². The van der Waals surface area contributed by atoms with Gasteiger partial charge in [0.05, 0.1) is 0 Å². The van der Waals surface area contributed by atoms with Gasteiger partial charge in [-0.1, -0.05) is 33.6 Å². The van der Waals surface area contributed by atoms with Crippen LogP contribution < -0.4 is 0 Å². The molecule has 0 saturated heterocycles. The number of aldehydes is 1. The van der Waals surface area contributed by atoms with Crippen LogP contribution in [0.4, 0.5) is 0 Å². The summed E-state index contributed by atoms with van der Waals surface area (Å²) in [6.07, 6.45) is 2.85. The minimum absolute atomic E-state index is 0.201. The molecule has 0 spiro atoms. The molecular weight excluding hydrogens is 168 g/mol. The molecule has 0 bridgehead atoms. The first kappa shape index (κ1) is 12.6. The van der Waals surface area contributed by atoms with Gasteiger partial charge in [0.1, 0.15) is 0 Å². The molecule has 0 saturated carbocycles. The van der Waals surface area contributed by atoms with E-state index in [1.54, 1.807) is 6.92 Å². The van der Waals surface area contributed by atoms with E-state index in [-0.39, 0.29) is 12.2 Å². The van der Waals surface area contributed by atoms with Gasteiger partial charge in [0.2, 0.25) is 5.79 Å². The molecule has 1 atom stereocenters. The maximum Gasteiger partial charge on any atom is 0.223 e. The summed E-state index contributed by atoms with van der Waals surface area (Å²) < 4.78 is 0. The summed E-state index contributed by atoms with van der Waals surface area (Å²) in [7, 11) is 0. The minimum Gasteiger partial charge on any atom is -0.360 e. The largest absolute Gasteiger partial charge is 0.360 e. The van der Waals surface area contributed by atoms with Crippen molar-refractivity contribution in [3.63, 3.8) is 0 Å². The van der Waals surface area contributed by atoms with Gasteiger partial charge in [-0.3, -0.25) is 4.79 Å². The number of aliphatic hydroxyl groups is 2. The van der Waals surface area contributed by atoms with Crippen molar-refractivity contribution in [1.82, 2.24) is 0 Å². The highest BCUT2D eigenvalue weighted by Gasteiger charge is 2.29. The Kier molecular flexibility index (Phi) is 5.18. The molecule has 0 rings (SSSR count). The van der Waals surface area contributed by atoms with E-state index in [1.165, 1.54) is 0 Å². The van der Waals surface area contributed by atoms with Crippen LogP contribution in [0.15, 0.2) is 0 Å². The summed E-state index contributed by atoms with van der Waals surface area (Å²) in [4.78, 5) is 10.3. The van der Waals surface area contributed by atoms with Gasteiger partial charge in [0, 0.05) is 5.92 Å². The Bertz CT molecular complexity index is 152. The van der Waals surface area contributed by atoms with E-state index < -0.39 is 5.79 Å². The number of hydrogen-bond donors (Lipinski definition) is 2. The molecule has 0 amide bonds. The van der Waals surface area contributed by atoms with Gasteiger partial charge >= 0.3 is 0 Å². The topological polar surface area (TPSA) is 57.5 Å². The molecule has 0 fully saturated rings. The summed E-state index contributed by atoms with van der Waals surface area (Å²) in [6.45, 7) is 5.92. The lowest BCUT2D eigenvalue weighted by molar-refractivity contribution is -0.189. The molecule has 1 unspecified atom stereocenters. The second kappa shape index (κ2) is 5.35. The molecule has 0 heterocycles. The first-order valence-corrected chi connectivity index (χ1v) is 4.81. The lowest BCUT2D eigenvalue weighted by atomic mass is 9.94. The molecular formula is C10H20O3. The Labute approximate surface area is 79.8 Å². The van der Waals surface area contributed by atoms with Crippen LogP contribution in [-0.4, -0.2) is 22.3 Å². The quantitative estimate of drug-likeness (QED) is 0.488. The first-order valence-electron chi connectivity index (χ1n) is 4.81. The van der Waals surface area contributed by atoms with Crippen molar-refractivity contribution in [2.75, 3.05) is 0 Å². The lowest BCUT2D eigenvalue weighted by Gasteiger charge is -2.22. The summed E-state index contributed by atoms with van der Waals surface area (Å²) in [5, 5.41) is 18.3. The van der Waals surface area contributed by atoms with E-state index in [9.17, 15) is 4.79 Å². The number of rotatable bonds is 6.